The lowest BCUT2D eigenvalue weighted by Crippen LogP contribution is -2.48. The average Bonchev–Trinajstić information content (AvgIpc) is 2.86. The Morgan fingerprint density at radius 1 is 0.882 bits per heavy atom. The molecule has 2 amide bonds. The number of ether oxygens (including phenoxy) is 2. The van der Waals surface area contributed by atoms with Gasteiger partial charge in [0.15, 0.2) is 11.6 Å². The minimum absolute atomic E-state index is 0.0392. The number of hydrogen-bond donors (Lipinski definition) is 0. The zero-order valence-corrected chi connectivity index (χ0v) is 19.1. The lowest BCUT2D eigenvalue weighted by atomic mass is 9.94. The van der Waals surface area contributed by atoms with Crippen LogP contribution in [0.5, 0.6) is 11.5 Å². The van der Waals surface area contributed by atoms with Gasteiger partial charge in [0.1, 0.15) is 17.7 Å². The summed E-state index contributed by atoms with van der Waals surface area (Å²) in [6.45, 7) is 2.57. The first-order valence-electron chi connectivity index (χ1n) is 11.9. The fourth-order valence-electron chi connectivity index (χ4n) is 4.51. The standard InChI is InChI=1S/C26H30F2N2O4/c27-20-6-7-24(23(28)18-20)34-22-10-15-30(16-11-22)26(32)19-8-13-29(14-9-19)25(31)12-17-33-21-4-2-1-3-5-21/h1-7,18-19,22H,8-17H2. The van der Waals surface area contributed by atoms with Gasteiger partial charge in [0.25, 0.3) is 0 Å². The molecule has 0 spiro atoms. The molecule has 0 radical (unpaired) electrons. The van der Waals surface area contributed by atoms with Crippen molar-refractivity contribution in [2.75, 3.05) is 32.8 Å². The molecular weight excluding hydrogens is 442 g/mol. The second-order valence-corrected chi connectivity index (χ2v) is 8.78. The molecule has 2 aromatic carbocycles. The maximum atomic E-state index is 13.8. The van der Waals surface area contributed by atoms with E-state index in [9.17, 15) is 18.4 Å². The molecule has 2 aliphatic rings. The molecule has 0 aromatic heterocycles. The molecule has 2 saturated heterocycles. The van der Waals surface area contributed by atoms with Crippen molar-refractivity contribution in [3.05, 3.63) is 60.2 Å². The third-order valence-corrected chi connectivity index (χ3v) is 6.47. The SMILES string of the molecule is O=C(CCOc1ccccc1)N1CCC(C(=O)N2CCC(Oc3ccc(F)cc3F)CC2)CC1. The highest BCUT2D eigenvalue weighted by Gasteiger charge is 2.32. The van der Waals surface area contributed by atoms with Crippen LogP contribution in [-0.2, 0) is 9.59 Å². The third kappa shape index (κ3) is 6.24. The van der Waals surface area contributed by atoms with Crippen LogP contribution in [0.4, 0.5) is 8.78 Å². The number of likely N-dealkylation sites (tertiary alicyclic amines) is 2. The lowest BCUT2D eigenvalue weighted by molar-refractivity contribution is -0.142. The van der Waals surface area contributed by atoms with E-state index in [0.717, 1.165) is 11.8 Å². The van der Waals surface area contributed by atoms with Gasteiger partial charge in [-0.25, -0.2) is 8.78 Å². The largest absolute Gasteiger partial charge is 0.493 e. The molecule has 2 fully saturated rings. The maximum Gasteiger partial charge on any atom is 0.225 e. The van der Waals surface area contributed by atoms with Crippen molar-refractivity contribution < 1.29 is 27.8 Å². The van der Waals surface area contributed by atoms with Crippen LogP contribution in [0.3, 0.4) is 0 Å². The van der Waals surface area contributed by atoms with Gasteiger partial charge in [-0.2, -0.15) is 0 Å². The summed E-state index contributed by atoms with van der Waals surface area (Å²) in [4.78, 5) is 29.1. The van der Waals surface area contributed by atoms with E-state index in [1.807, 2.05) is 40.1 Å². The molecule has 34 heavy (non-hydrogen) atoms. The van der Waals surface area contributed by atoms with Gasteiger partial charge >= 0.3 is 0 Å². The molecule has 2 aliphatic heterocycles. The highest BCUT2D eigenvalue weighted by molar-refractivity contribution is 5.80. The normalized spacial score (nSPS) is 17.5. The van der Waals surface area contributed by atoms with Crippen LogP contribution in [0.25, 0.3) is 0 Å². The predicted molar refractivity (Wildman–Crippen MR) is 122 cm³/mol. The fraction of sp³-hybridized carbons (Fsp3) is 0.462. The van der Waals surface area contributed by atoms with Crippen LogP contribution in [0.2, 0.25) is 0 Å². The van der Waals surface area contributed by atoms with Crippen molar-refractivity contribution in [2.45, 2.75) is 38.2 Å². The molecule has 0 unspecified atom stereocenters. The van der Waals surface area contributed by atoms with E-state index in [1.165, 1.54) is 12.1 Å². The van der Waals surface area contributed by atoms with E-state index < -0.39 is 11.6 Å². The quantitative estimate of drug-likeness (QED) is 0.610. The number of carbonyl (C=O) groups is 2. The number of halogens is 2. The van der Waals surface area contributed by atoms with E-state index in [1.54, 1.807) is 0 Å². The zero-order valence-electron chi connectivity index (χ0n) is 19.1. The smallest absolute Gasteiger partial charge is 0.225 e. The highest BCUT2D eigenvalue weighted by atomic mass is 19.1. The molecule has 0 atom stereocenters. The van der Waals surface area contributed by atoms with Gasteiger partial charge in [-0.1, -0.05) is 18.2 Å². The van der Waals surface area contributed by atoms with E-state index >= 15 is 0 Å². The van der Waals surface area contributed by atoms with Gasteiger partial charge in [-0.3, -0.25) is 9.59 Å². The molecule has 8 heteroatoms. The Hall–Kier alpha value is -3.16. The second-order valence-electron chi connectivity index (χ2n) is 8.78. The van der Waals surface area contributed by atoms with E-state index in [4.69, 9.17) is 9.47 Å². The first-order chi connectivity index (χ1) is 16.5. The molecule has 0 bridgehead atoms. The van der Waals surface area contributed by atoms with Crippen LogP contribution < -0.4 is 9.47 Å². The number of hydrogen-bond acceptors (Lipinski definition) is 4. The molecule has 2 heterocycles. The maximum absolute atomic E-state index is 13.8. The molecule has 0 aliphatic carbocycles. The Bertz CT molecular complexity index is 972. The number of benzene rings is 2. The number of rotatable bonds is 7. The Morgan fingerprint density at radius 3 is 2.24 bits per heavy atom. The van der Waals surface area contributed by atoms with Crippen molar-refractivity contribution in [3.63, 3.8) is 0 Å². The van der Waals surface area contributed by atoms with Crippen molar-refractivity contribution in [2.24, 2.45) is 5.92 Å². The monoisotopic (exact) mass is 472 g/mol. The minimum atomic E-state index is -0.716. The van der Waals surface area contributed by atoms with Crippen molar-refractivity contribution in [1.82, 2.24) is 9.80 Å². The van der Waals surface area contributed by atoms with Crippen molar-refractivity contribution >= 4 is 11.8 Å². The summed E-state index contributed by atoms with van der Waals surface area (Å²) in [7, 11) is 0. The Kier molecular flexibility index (Phi) is 7.98. The summed E-state index contributed by atoms with van der Waals surface area (Å²) in [6, 6.07) is 12.7. The molecule has 2 aromatic rings. The predicted octanol–water partition coefficient (Wildman–Crippen LogP) is 4.04. The molecule has 182 valence electrons. The Balaban J connectivity index is 1.16. The fourth-order valence-corrected chi connectivity index (χ4v) is 4.51. The summed E-state index contributed by atoms with van der Waals surface area (Å²) in [6.07, 6.45) is 2.61. The second kappa shape index (κ2) is 11.3. The molecule has 0 saturated carbocycles. The van der Waals surface area contributed by atoms with Gasteiger partial charge in [0.05, 0.1) is 13.0 Å². The van der Waals surface area contributed by atoms with Gasteiger partial charge < -0.3 is 19.3 Å². The number of piperidine rings is 2. The molecule has 4 rings (SSSR count). The minimum Gasteiger partial charge on any atom is -0.493 e. The van der Waals surface area contributed by atoms with Gasteiger partial charge in [-0.15, -0.1) is 0 Å². The summed E-state index contributed by atoms with van der Waals surface area (Å²) in [5, 5.41) is 0. The van der Waals surface area contributed by atoms with E-state index in [2.05, 4.69) is 0 Å². The summed E-state index contributed by atoms with van der Waals surface area (Å²) in [5.41, 5.74) is 0. The van der Waals surface area contributed by atoms with E-state index in [-0.39, 0.29) is 29.6 Å². The zero-order chi connectivity index (χ0) is 23.9. The first-order valence-corrected chi connectivity index (χ1v) is 11.9. The van der Waals surface area contributed by atoms with Gasteiger partial charge in [-0.05, 0) is 37.1 Å². The molecule has 6 nitrogen and oxygen atoms in total. The van der Waals surface area contributed by atoms with Crippen LogP contribution >= 0.6 is 0 Å². The summed E-state index contributed by atoms with van der Waals surface area (Å²) in [5.74, 6) is -0.491. The molecule has 0 N–H and O–H groups in total. The number of nitrogens with zero attached hydrogens (tertiary/aromatic N) is 2. The Morgan fingerprint density at radius 2 is 1.56 bits per heavy atom. The first kappa shape index (κ1) is 24.0. The Labute approximate surface area is 198 Å². The van der Waals surface area contributed by atoms with Gasteiger partial charge in [0, 0.05) is 51.0 Å². The summed E-state index contributed by atoms with van der Waals surface area (Å²) >= 11 is 0. The topological polar surface area (TPSA) is 59.1 Å². The molecular formula is C26H30F2N2O4. The van der Waals surface area contributed by atoms with Crippen LogP contribution in [-0.4, -0.2) is 60.5 Å². The number of amides is 2. The van der Waals surface area contributed by atoms with Crippen LogP contribution in [0.1, 0.15) is 32.1 Å². The van der Waals surface area contributed by atoms with Crippen LogP contribution in [0, 0.1) is 17.6 Å². The van der Waals surface area contributed by atoms with Crippen molar-refractivity contribution in [3.8, 4) is 11.5 Å². The summed E-state index contributed by atoms with van der Waals surface area (Å²) < 4.78 is 38.2. The average molecular weight is 473 g/mol. The van der Waals surface area contributed by atoms with Crippen LogP contribution in [0.15, 0.2) is 48.5 Å². The highest BCUT2D eigenvalue weighted by Crippen LogP contribution is 2.26. The lowest BCUT2D eigenvalue weighted by Gasteiger charge is -2.37. The number of carbonyl (C=O) groups excluding carboxylic acids is 2. The van der Waals surface area contributed by atoms with Gasteiger partial charge in [0.2, 0.25) is 11.8 Å². The van der Waals surface area contributed by atoms with E-state index in [0.29, 0.717) is 64.9 Å². The number of para-hydroxylation sites is 1. The van der Waals surface area contributed by atoms with Crippen molar-refractivity contribution in [1.29, 1.82) is 0 Å². The third-order valence-electron chi connectivity index (χ3n) is 6.47.